The Morgan fingerprint density at radius 3 is 2.60 bits per heavy atom. The molecule has 1 aromatic heterocycles. The molecule has 1 aliphatic carbocycles. The highest BCUT2D eigenvalue weighted by molar-refractivity contribution is 5.77. The van der Waals surface area contributed by atoms with E-state index in [4.69, 9.17) is 4.74 Å². The van der Waals surface area contributed by atoms with Crippen LogP contribution in [-0.2, 0) is 0 Å². The molecule has 0 bridgehead atoms. The summed E-state index contributed by atoms with van der Waals surface area (Å²) in [5.74, 6) is 2.20. The van der Waals surface area contributed by atoms with Gasteiger partial charge in [-0.3, -0.25) is 9.36 Å². The second-order valence-electron chi connectivity index (χ2n) is 8.20. The van der Waals surface area contributed by atoms with Crippen LogP contribution >= 0.6 is 0 Å². The Bertz CT molecular complexity index is 1040. The van der Waals surface area contributed by atoms with Crippen molar-refractivity contribution >= 4 is 10.9 Å². The third-order valence-corrected chi connectivity index (χ3v) is 6.03. The molecular weight excluding hydrogens is 374 g/mol. The van der Waals surface area contributed by atoms with E-state index in [9.17, 15) is 4.79 Å². The maximum atomic E-state index is 13.0. The lowest BCUT2D eigenvalue weighted by Crippen LogP contribution is -2.35. The molecule has 4 rings (SSSR count). The summed E-state index contributed by atoms with van der Waals surface area (Å²) in [7, 11) is 0. The number of nitrogens with one attached hydrogen (secondary N) is 1. The molecule has 0 spiro atoms. The lowest BCUT2D eigenvalue weighted by molar-refractivity contribution is 0.0769. The smallest absolute Gasteiger partial charge is 0.265 e. The SMILES string of the molecule is CCCNCCC(Oc1ccc(-n2c(C)nc3ccccc3c2=O)cc1)C1CCC1. The maximum Gasteiger partial charge on any atom is 0.265 e. The zero-order valence-corrected chi connectivity index (χ0v) is 17.9. The van der Waals surface area contributed by atoms with Gasteiger partial charge in [0, 0.05) is 0 Å². The van der Waals surface area contributed by atoms with E-state index in [1.807, 2.05) is 55.5 Å². The zero-order chi connectivity index (χ0) is 20.9. The fraction of sp³-hybridized carbons (Fsp3) is 0.440. The van der Waals surface area contributed by atoms with E-state index in [1.165, 1.54) is 19.3 Å². The Kier molecular flexibility index (Phi) is 6.48. The van der Waals surface area contributed by atoms with E-state index >= 15 is 0 Å². The highest BCUT2D eigenvalue weighted by Gasteiger charge is 2.28. The number of para-hydroxylation sites is 1. The summed E-state index contributed by atoms with van der Waals surface area (Å²) in [5, 5.41) is 4.12. The van der Waals surface area contributed by atoms with Gasteiger partial charge in [0.1, 0.15) is 17.7 Å². The van der Waals surface area contributed by atoms with Gasteiger partial charge in [-0.15, -0.1) is 0 Å². The van der Waals surface area contributed by atoms with E-state index in [2.05, 4.69) is 17.2 Å². The molecule has 3 aromatic rings. The lowest BCUT2D eigenvalue weighted by atomic mass is 9.80. The minimum absolute atomic E-state index is 0.0406. The third kappa shape index (κ3) is 4.41. The average molecular weight is 406 g/mol. The number of hydrogen-bond acceptors (Lipinski definition) is 4. The minimum Gasteiger partial charge on any atom is -0.490 e. The van der Waals surface area contributed by atoms with Crippen LogP contribution in [-0.4, -0.2) is 28.7 Å². The van der Waals surface area contributed by atoms with Crippen molar-refractivity contribution in [3.05, 3.63) is 64.7 Å². The van der Waals surface area contributed by atoms with E-state index in [0.717, 1.165) is 42.9 Å². The normalized spacial score (nSPS) is 15.1. The molecule has 5 heteroatoms. The fourth-order valence-electron chi connectivity index (χ4n) is 4.14. The van der Waals surface area contributed by atoms with Crippen LogP contribution in [0.2, 0.25) is 0 Å². The number of rotatable bonds is 9. The number of benzene rings is 2. The first-order valence-corrected chi connectivity index (χ1v) is 11.1. The highest BCUT2D eigenvalue weighted by Crippen LogP contribution is 2.33. The van der Waals surface area contributed by atoms with Crippen LogP contribution in [0.15, 0.2) is 53.3 Å². The van der Waals surface area contributed by atoms with Crippen molar-refractivity contribution in [1.82, 2.24) is 14.9 Å². The van der Waals surface area contributed by atoms with Gasteiger partial charge in [-0.05, 0) is 88.0 Å². The Labute approximate surface area is 178 Å². The monoisotopic (exact) mass is 405 g/mol. The minimum atomic E-state index is -0.0406. The molecule has 1 heterocycles. The van der Waals surface area contributed by atoms with Gasteiger partial charge in [0.05, 0.1) is 16.6 Å². The Morgan fingerprint density at radius 1 is 1.13 bits per heavy atom. The van der Waals surface area contributed by atoms with Crippen molar-refractivity contribution in [3.8, 4) is 11.4 Å². The van der Waals surface area contributed by atoms with Gasteiger partial charge in [0.2, 0.25) is 0 Å². The van der Waals surface area contributed by atoms with Crippen LogP contribution in [0.3, 0.4) is 0 Å². The van der Waals surface area contributed by atoms with Crippen molar-refractivity contribution in [3.63, 3.8) is 0 Å². The van der Waals surface area contributed by atoms with Gasteiger partial charge in [-0.1, -0.05) is 25.5 Å². The summed E-state index contributed by atoms with van der Waals surface area (Å²) in [6.07, 6.45) is 6.25. The molecule has 30 heavy (non-hydrogen) atoms. The van der Waals surface area contributed by atoms with Gasteiger partial charge in [-0.2, -0.15) is 0 Å². The molecular formula is C25H31N3O2. The Hall–Kier alpha value is -2.66. The number of ether oxygens (including phenoxy) is 1. The summed E-state index contributed by atoms with van der Waals surface area (Å²) in [6, 6.07) is 15.3. The molecule has 0 aliphatic heterocycles. The molecule has 1 aliphatic rings. The molecule has 1 N–H and O–H groups in total. The lowest BCUT2D eigenvalue weighted by Gasteiger charge is -2.34. The van der Waals surface area contributed by atoms with Crippen molar-refractivity contribution < 1.29 is 4.74 Å². The molecule has 1 fully saturated rings. The van der Waals surface area contributed by atoms with Crippen LogP contribution in [0, 0.1) is 12.8 Å². The van der Waals surface area contributed by atoms with E-state index in [0.29, 0.717) is 17.1 Å². The molecule has 1 unspecified atom stereocenters. The standard InChI is InChI=1S/C25H31N3O2/c1-3-16-26-17-15-24(19-7-6-8-19)30-21-13-11-20(12-14-21)28-18(2)27-23-10-5-4-9-22(23)25(28)29/h4-5,9-14,19,24,26H,3,6-8,15-17H2,1-2H3. The van der Waals surface area contributed by atoms with Gasteiger partial charge < -0.3 is 10.1 Å². The molecule has 1 saturated carbocycles. The molecule has 1 atom stereocenters. The summed E-state index contributed by atoms with van der Waals surface area (Å²) in [6.45, 7) is 6.10. The molecule has 0 amide bonds. The van der Waals surface area contributed by atoms with E-state index < -0.39 is 0 Å². The van der Waals surface area contributed by atoms with Gasteiger partial charge in [0.25, 0.3) is 5.56 Å². The molecule has 5 nitrogen and oxygen atoms in total. The van der Waals surface area contributed by atoms with Crippen LogP contribution in [0.4, 0.5) is 0 Å². The number of nitrogens with zero attached hydrogens (tertiary/aromatic N) is 2. The second-order valence-corrected chi connectivity index (χ2v) is 8.20. The van der Waals surface area contributed by atoms with E-state index in [1.54, 1.807) is 4.57 Å². The molecule has 158 valence electrons. The first kappa shape index (κ1) is 20.6. The predicted octanol–water partition coefficient (Wildman–Crippen LogP) is 4.63. The highest BCUT2D eigenvalue weighted by atomic mass is 16.5. The van der Waals surface area contributed by atoms with Crippen molar-refractivity contribution in [2.75, 3.05) is 13.1 Å². The fourth-order valence-corrected chi connectivity index (χ4v) is 4.14. The van der Waals surface area contributed by atoms with Gasteiger partial charge >= 0.3 is 0 Å². The third-order valence-electron chi connectivity index (χ3n) is 6.03. The Morgan fingerprint density at radius 2 is 1.90 bits per heavy atom. The first-order chi connectivity index (χ1) is 14.7. The number of hydrogen-bond donors (Lipinski definition) is 1. The number of fused-ring (bicyclic) bond motifs is 1. The molecule has 0 saturated heterocycles. The quantitative estimate of drug-likeness (QED) is 0.527. The Balaban J connectivity index is 1.52. The van der Waals surface area contributed by atoms with Crippen molar-refractivity contribution in [2.45, 2.75) is 52.1 Å². The van der Waals surface area contributed by atoms with Crippen LogP contribution in [0.5, 0.6) is 5.75 Å². The topological polar surface area (TPSA) is 56.1 Å². The molecule has 0 radical (unpaired) electrons. The zero-order valence-electron chi connectivity index (χ0n) is 17.9. The van der Waals surface area contributed by atoms with E-state index in [-0.39, 0.29) is 11.7 Å². The van der Waals surface area contributed by atoms with Gasteiger partial charge in [0.15, 0.2) is 0 Å². The van der Waals surface area contributed by atoms with Crippen LogP contribution < -0.4 is 15.6 Å². The number of aromatic nitrogens is 2. The maximum absolute atomic E-state index is 13.0. The van der Waals surface area contributed by atoms with Crippen LogP contribution in [0.1, 0.15) is 44.9 Å². The summed E-state index contributed by atoms with van der Waals surface area (Å²) in [5.41, 5.74) is 1.50. The summed E-state index contributed by atoms with van der Waals surface area (Å²) >= 11 is 0. The summed E-state index contributed by atoms with van der Waals surface area (Å²) in [4.78, 5) is 17.6. The van der Waals surface area contributed by atoms with Crippen molar-refractivity contribution in [1.29, 1.82) is 0 Å². The average Bonchev–Trinajstić information content (AvgIpc) is 2.71. The van der Waals surface area contributed by atoms with Gasteiger partial charge in [-0.25, -0.2) is 4.98 Å². The number of aryl methyl sites for hydroxylation is 1. The van der Waals surface area contributed by atoms with Crippen molar-refractivity contribution in [2.24, 2.45) is 5.92 Å². The largest absolute Gasteiger partial charge is 0.490 e. The predicted molar refractivity (Wildman–Crippen MR) is 122 cm³/mol. The van der Waals surface area contributed by atoms with Crippen LogP contribution in [0.25, 0.3) is 16.6 Å². The second kappa shape index (κ2) is 9.43. The first-order valence-electron chi connectivity index (χ1n) is 11.1. The molecule has 2 aromatic carbocycles. The summed E-state index contributed by atoms with van der Waals surface area (Å²) < 4.78 is 8.05.